The van der Waals surface area contributed by atoms with Crippen LogP contribution in [-0.2, 0) is 20.7 Å². The molecule has 1 unspecified atom stereocenters. The zero-order valence-corrected chi connectivity index (χ0v) is 19.9. The lowest BCUT2D eigenvalue weighted by Gasteiger charge is -2.24. The number of rotatable bonds is 8. The number of amides is 2. The molecule has 0 aliphatic carbocycles. The van der Waals surface area contributed by atoms with Crippen LogP contribution in [0.25, 0.3) is 6.08 Å². The first kappa shape index (κ1) is 25.1. The van der Waals surface area contributed by atoms with Gasteiger partial charge in [0.25, 0.3) is 11.8 Å². The van der Waals surface area contributed by atoms with Crippen LogP contribution in [0.4, 0.5) is 0 Å². The van der Waals surface area contributed by atoms with Crippen LogP contribution < -0.4 is 4.74 Å². The molecule has 0 saturated heterocycles. The number of carbonyl (C=O) groups excluding carboxylic acids is 4. The molecule has 37 heavy (non-hydrogen) atoms. The second kappa shape index (κ2) is 11.1. The molecule has 4 rings (SSSR count). The molecule has 1 aliphatic rings. The van der Waals surface area contributed by atoms with E-state index in [1.165, 1.54) is 18.2 Å². The molecule has 0 spiro atoms. The predicted octanol–water partition coefficient (Wildman–Crippen LogP) is 3.97. The Morgan fingerprint density at radius 2 is 1.59 bits per heavy atom. The molecule has 1 aliphatic heterocycles. The van der Waals surface area contributed by atoms with Gasteiger partial charge in [0.1, 0.15) is 23.4 Å². The minimum absolute atomic E-state index is 0.0617. The molecule has 0 radical (unpaired) electrons. The lowest BCUT2D eigenvalue weighted by molar-refractivity contribution is -0.139. The Balaban J connectivity index is 1.63. The predicted molar refractivity (Wildman–Crippen MR) is 133 cm³/mol. The van der Waals surface area contributed by atoms with Crippen LogP contribution in [0.15, 0.2) is 84.4 Å². The topological polar surface area (TPSA) is 114 Å². The molecule has 8 heteroatoms. The monoisotopic (exact) mass is 494 g/mol. The molecule has 0 fully saturated rings. The first-order valence-corrected chi connectivity index (χ1v) is 11.5. The van der Waals surface area contributed by atoms with Gasteiger partial charge in [-0.3, -0.25) is 14.5 Å². The highest BCUT2D eigenvalue weighted by Crippen LogP contribution is 2.27. The Bertz CT molecular complexity index is 1400. The summed E-state index contributed by atoms with van der Waals surface area (Å²) in [6.07, 6.45) is 1.38. The van der Waals surface area contributed by atoms with Gasteiger partial charge in [-0.1, -0.05) is 54.6 Å². The number of esters is 2. The van der Waals surface area contributed by atoms with E-state index in [1.807, 2.05) is 6.07 Å². The van der Waals surface area contributed by atoms with Gasteiger partial charge in [0.15, 0.2) is 0 Å². The van der Waals surface area contributed by atoms with Crippen LogP contribution in [0.2, 0.25) is 0 Å². The fourth-order valence-corrected chi connectivity index (χ4v) is 3.97. The SMILES string of the molecule is CCOC(=O)/C(C#N)=C/c1cccc(OC(=O)C(Cc2ccccc2)N2C(=O)c3ccccc3C2=O)c1. The zero-order valence-electron chi connectivity index (χ0n) is 19.9. The van der Waals surface area contributed by atoms with E-state index in [4.69, 9.17) is 9.47 Å². The van der Waals surface area contributed by atoms with Crippen molar-refractivity contribution in [1.29, 1.82) is 5.26 Å². The van der Waals surface area contributed by atoms with E-state index in [0.29, 0.717) is 5.56 Å². The summed E-state index contributed by atoms with van der Waals surface area (Å²) >= 11 is 0. The fourth-order valence-electron chi connectivity index (χ4n) is 3.97. The van der Waals surface area contributed by atoms with E-state index in [0.717, 1.165) is 10.5 Å². The van der Waals surface area contributed by atoms with Crippen molar-refractivity contribution in [3.05, 3.63) is 107 Å². The quantitative estimate of drug-likeness (QED) is 0.153. The van der Waals surface area contributed by atoms with Crippen LogP contribution in [0.1, 0.15) is 38.8 Å². The van der Waals surface area contributed by atoms with Crippen molar-refractivity contribution >= 4 is 29.8 Å². The van der Waals surface area contributed by atoms with Gasteiger partial charge in [-0.25, -0.2) is 9.59 Å². The maximum absolute atomic E-state index is 13.4. The molecule has 3 aromatic rings. The highest BCUT2D eigenvalue weighted by Gasteiger charge is 2.43. The fraction of sp³-hybridized carbons (Fsp3) is 0.138. The third kappa shape index (κ3) is 5.46. The van der Waals surface area contributed by atoms with E-state index in [9.17, 15) is 24.4 Å². The van der Waals surface area contributed by atoms with E-state index >= 15 is 0 Å². The molecule has 184 valence electrons. The largest absolute Gasteiger partial charge is 0.462 e. The average molecular weight is 495 g/mol. The summed E-state index contributed by atoms with van der Waals surface area (Å²) in [7, 11) is 0. The number of benzene rings is 3. The summed E-state index contributed by atoms with van der Waals surface area (Å²) in [5.74, 6) is -2.58. The van der Waals surface area contributed by atoms with Crippen LogP contribution in [0.5, 0.6) is 5.75 Å². The summed E-state index contributed by atoms with van der Waals surface area (Å²) in [5.41, 5.74) is 1.42. The second-order valence-electron chi connectivity index (χ2n) is 8.12. The van der Waals surface area contributed by atoms with Gasteiger partial charge in [-0.15, -0.1) is 0 Å². The Hall–Kier alpha value is -5.03. The van der Waals surface area contributed by atoms with E-state index in [1.54, 1.807) is 73.7 Å². The van der Waals surface area contributed by atoms with Crippen molar-refractivity contribution in [1.82, 2.24) is 4.90 Å². The standard InChI is InChI=1S/C29H22N2O6/c1-2-36-28(34)21(18-30)15-20-11-8-12-22(16-20)37-29(35)25(17-19-9-4-3-5-10-19)31-26(32)23-13-6-7-14-24(23)27(31)33/h3-16,25H,2,17H2,1H3/b21-15+. The zero-order chi connectivity index (χ0) is 26.4. The van der Waals surface area contributed by atoms with Crippen LogP contribution in [-0.4, -0.2) is 41.3 Å². The molecule has 2 amide bonds. The molecule has 8 nitrogen and oxygen atoms in total. The van der Waals surface area contributed by atoms with Gasteiger partial charge in [-0.2, -0.15) is 5.26 Å². The van der Waals surface area contributed by atoms with Crippen molar-refractivity contribution < 1.29 is 28.7 Å². The molecule has 0 N–H and O–H groups in total. The number of nitrogens with zero attached hydrogens (tertiary/aromatic N) is 2. The summed E-state index contributed by atoms with van der Waals surface area (Å²) in [6, 6.07) is 22.2. The van der Waals surface area contributed by atoms with E-state index in [2.05, 4.69) is 0 Å². The Morgan fingerprint density at radius 3 is 2.22 bits per heavy atom. The van der Waals surface area contributed by atoms with Gasteiger partial charge in [-0.05, 0) is 48.4 Å². The van der Waals surface area contributed by atoms with Crippen molar-refractivity contribution in [3.63, 3.8) is 0 Å². The minimum Gasteiger partial charge on any atom is -0.462 e. The normalized spacial score (nSPS) is 13.5. The average Bonchev–Trinajstić information content (AvgIpc) is 3.16. The van der Waals surface area contributed by atoms with Crippen molar-refractivity contribution in [2.75, 3.05) is 6.61 Å². The minimum atomic E-state index is -1.22. The van der Waals surface area contributed by atoms with E-state index < -0.39 is 29.8 Å². The summed E-state index contributed by atoms with van der Waals surface area (Å²) in [4.78, 5) is 52.6. The van der Waals surface area contributed by atoms with Crippen LogP contribution >= 0.6 is 0 Å². The molecule has 0 bridgehead atoms. The maximum atomic E-state index is 13.4. The molecule has 0 aromatic heterocycles. The highest BCUT2D eigenvalue weighted by atomic mass is 16.5. The number of imide groups is 1. The molecular weight excluding hydrogens is 472 g/mol. The molecule has 1 heterocycles. The number of hydrogen-bond acceptors (Lipinski definition) is 7. The van der Waals surface area contributed by atoms with Crippen molar-refractivity contribution in [2.24, 2.45) is 0 Å². The summed E-state index contributed by atoms with van der Waals surface area (Å²) in [5, 5.41) is 9.28. The van der Waals surface area contributed by atoms with Crippen LogP contribution in [0.3, 0.4) is 0 Å². The first-order chi connectivity index (χ1) is 17.9. The van der Waals surface area contributed by atoms with Crippen molar-refractivity contribution in [3.8, 4) is 11.8 Å². The van der Waals surface area contributed by atoms with Crippen molar-refractivity contribution in [2.45, 2.75) is 19.4 Å². The highest BCUT2D eigenvalue weighted by molar-refractivity contribution is 6.22. The van der Waals surface area contributed by atoms with Gasteiger partial charge >= 0.3 is 11.9 Å². The molecular formula is C29H22N2O6. The first-order valence-electron chi connectivity index (χ1n) is 11.5. The third-order valence-electron chi connectivity index (χ3n) is 5.68. The smallest absolute Gasteiger partial charge is 0.348 e. The molecule has 1 atom stereocenters. The lowest BCUT2D eigenvalue weighted by atomic mass is 10.0. The molecule has 3 aromatic carbocycles. The van der Waals surface area contributed by atoms with E-state index in [-0.39, 0.29) is 35.5 Å². The van der Waals surface area contributed by atoms with Gasteiger partial charge in [0.05, 0.1) is 17.7 Å². The molecule has 0 saturated carbocycles. The number of nitriles is 1. The maximum Gasteiger partial charge on any atom is 0.348 e. The van der Waals surface area contributed by atoms with Gasteiger partial charge in [0.2, 0.25) is 0 Å². The summed E-state index contributed by atoms with van der Waals surface area (Å²) < 4.78 is 10.5. The lowest BCUT2D eigenvalue weighted by Crippen LogP contribution is -2.48. The number of hydrogen-bond donors (Lipinski definition) is 0. The number of carbonyl (C=O) groups is 4. The summed E-state index contributed by atoms with van der Waals surface area (Å²) in [6.45, 7) is 1.75. The number of ether oxygens (including phenoxy) is 2. The Labute approximate surface area is 213 Å². The Morgan fingerprint density at radius 1 is 0.946 bits per heavy atom. The van der Waals surface area contributed by atoms with Crippen LogP contribution in [0, 0.1) is 11.3 Å². The van der Waals surface area contributed by atoms with Gasteiger partial charge < -0.3 is 9.47 Å². The Kier molecular flexibility index (Phi) is 7.55. The second-order valence-corrected chi connectivity index (χ2v) is 8.12. The number of fused-ring (bicyclic) bond motifs is 1. The third-order valence-corrected chi connectivity index (χ3v) is 5.68. The van der Waals surface area contributed by atoms with Gasteiger partial charge in [0, 0.05) is 6.42 Å².